The first-order valence-corrected chi connectivity index (χ1v) is 8.21. The van der Waals surface area contributed by atoms with Crippen LogP contribution in [-0.4, -0.2) is 30.6 Å². The summed E-state index contributed by atoms with van der Waals surface area (Å²) in [6.07, 6.45) is 2.59. The van der Waals surface area contributed by atoms with Gasteiger partial charge < -0.3 is 18.6 Å². The molecule has 2 heterocycles. The van der Waals surface area contributed by atoms with Crippen LogP contribution in [0.2, 0.25) is 0 Å². The lowest BCUT2D eigenvalue weighted by Gasteiger charge is -2.25. The lowest BCUT2D eigenvalue weighted by molar-refractivity contribution is -0.127. The predicted octanol–water partition coefficient (Wildman–Crippen LogP) is 3.30. The van der Waals surface area contributed by atoms with Crippen molar-refractivity contribution in [2.75, 3.05) is 13.7 Å². The van der Waals surface area contributed by atoms with Crippen LogP contribution in [-0.2, 0) is 11.2 Å². The number of nitrogens with zero attached hydrogens (tertiary/aromatic N) is 1. The summed E-state index contributed by atoms with van der Waals surface area (Å²) in [4.78, 5) is 16.5. The fourth-order valence-electron chi connectivity index (χ4n) is 2.89. The minimum Gasteiger partial charge on any atom is -0.496 e. The van der Waals surface area contributed by atoms with Crippen LogP contribution in [0.15, 0.2) is 59.5 Å². The molecule has 6 nitrogen and oxygen atoms in total. The molecular weight excluding hydrogens is 334 g/mol. The Morgan fingerprint density at radius 1 is 1.23 bits per heavy atom. The van der Waals surface area contributed by atoms with Crippen molar-refractivity contribution in [1.82, 2.24) is 4.98 Å². The standard InChI is InChI=1S/C20H17NO5/c1-23-18-9-13(6-7-14(18)19-10-21-12-25-19)8-15(22)20-11-24-16-4-2-3-5-17(16)26-20/h2-7,9-10,12,20H,8,11H2,1H3. The molecule has 0 saturated heterocycles. The third kappa shape index (κ3) is 3.13. The molecule has 1 unspecified atom stereocenters. The molecule has 1 aliphatic rings. The summed E-state index contributed by atoms with van der Waals surface area (Å²) >= 11 is 0. The Hall–Kier alpha value is -3.28. The summed E-state index contributed by atoms with van der Waals surface area (Å²) in [5, 5.41) is 0. The molecule has 2 aromatic carbocycles. The second-order valence-electron chi connectivity index (χ2n) is 5.91. The number of Topliss-reactive ketones (excluding diaryl/α,β-unsaturated/α-hetero) is 1. The van der Waals surface area contributed by atoms with Crippen molar-refractivity contribution in [1.29, 1.82) is 0 Å². The lowest BCUT2D eigenvalue weighted by atomic mass is 10.0. The molecule has 6 heteroatoms. The highest BCUT2D eigenvalue weighted by Gasteiger charge is 2.27. The van der Waals surface area contributed by atoms with E-state index < -0.39 is 6.10 Å². The van der Waals surface area contributed by atoms with Crippen LogP contribution in [0.25, 0.3) is 11.3 Å². The molecule has 1 atom stereocenters. The van der Waals surface area contributed by atoms with Crippen molar-refractivity contribution in [2.45, 2.75) is 12.5 Å². The van der Waals surface area contributed by atoms with E-state index in [0.717, 1.165) is 11.1 Å². The molecule has 1 aliphatic heterocycles. The minimum absolute atomic E-state index is 0.0472. The Kier molecular flexibility index (Phi) is 4.31. The van der Waals surface area contributed by atoms with Crippen LogP contribution in [0.3, 0.4) is 0 Å². The first-order chi connectivity index (χ1) is 12.7. The second-order valence-corrected chi connectivity index (χ2v) is 5.91. The smallest absolute Gasteiger partial charge is 0.191 e. The van der Waals surface area contributed by atoms with Crippen molar-refractivity contribution >= 4 is 5.78 Å². The van der Waals surface area contributed by atoms with Gasteiger partial charge in [-0.1, -0.05) is 18.2 Å². The molecular formula is C20H17NO5. The molecule has 0 bridgehead atoms. The number of para-hydroxylation sites is 2. The number of carbonyl (C=O) groups excluding carboxylic acids is 1. The van der Waals surface area contributed by atoms with Gasteiger partial charge in [0, 0.05) is 6.42 Å². The van der Waals surface area contributed by atoms with E-state index in [1.54, 1.807) is 19.4 Å². The average molecular weight is 351 g/mol. The number of ether oxygens (including phenoxy) is 3. The number of carbonyl (C=O) groups is 1. The summed E-state index contributed by atoms with van der Waals surface area (Å²) < 4.78 is 22.1. The zero-order valence-corrected chi connectivity index (χ0v) is 14.2. The topological polar surface area (TPSA) is 70.8 Å². The first-order valence-electron chi connectivity index (χ1n) is 8.21. The van der Waals surface area contributed by atoms with Crippen molar-refractivity contribution in [3.8, 4) is 28.6 Å². The summed E-state index contributed by atoms with van der Waals surface area (Å²) in [7, 11) is 1.58. The van der Waals surface area contributed by atoms with Gasteiger partial charge in [0.25, 0.3) is 0 Å². The van der Waals surface area contributed by atoms with Crippen molar-refractivity contribution in [3.63, 3.8) is 0 Å². The number of benzene rings is 2. The third-order valence-corrected chi connectivity index (χ3v) is 4.21. The molecule has 0 aliphatic carbocycles. The Balaban J connectivity index is 1.50. The van der Waals surface area contributed by atoms with Crippen LogP contribution in [0.1, 0.15) is 5.56 Å². The second kappa shape index (κ2) is 6.92. The highest BCUT2D eigenvalue weighted by molar-refractivity contribution is 5.86. The monoisotopic (exact) mass is 351 g/mol. The van der Waals surface area contributed by atoms with E-state index in [1.807, 2.05) is 36.4 Å². The van der Waals surface area contributed by atoms with Crippen LogP contribution in [0.5, 0.6) is 17.2 Å². The normalized spacial score (nSPS) is 15.5. The molecule has 132 valence electrons. The molecule has 0 radical (unpaired) electrons. The fourth-order valence-corrected chi connectivity index (χ4v) is 2.89. The van der Waals surface area contributed by atoms with Gasteiger partial charge in [0.05, 0.1) is 18.9 Å². The molecule has 0 fully saturated rings. The minimum atomic E-state index is -0.621. The first kappa shape index (κ1) is 16.2. The molecule has 3 aromatic rings. The summed E-state index contributed by atoms with van der Waals surface area (Å²) in [5.41, 5.74) is 1.62. The van der Waals surface area contributed by atoms with Gasteiger partial charge in [-0.05, 0) is 29.8 Å². The average Bonchev–Trinajstić information content (AvgIpc) is 3.22. The Morgan fingerprint density at radius 3 is 2.85 bits per heavy atom. The molecule has 0 saturated carbocycles. The van der Waals surface area contributed by atoms with Gasteiger partial charge in [-0.2, -0.15) is 0 Å². The summed E-state index contributed by atoms with van der Waals surface area (Å²) in [5.74, 6) is 2.44. The maximum Gasteiger partial charge on any atom is 0.191 e. The van der Waals surface area contributed by atoms with Crippen LogP contribution in [0, 0.1) is 0 Å². The molecule has 26 heavy (non-hydrogen) atoms. The Morgan fingerprint density at radius 2 is 2.08 bits per heavy atom. The van der Waals surface area contributed by atoms with Gasteiger partial charge in [-0.3, -0.25) is 4.79 Å². The number of oxazole rings is 1. The van der Waals surface area contributed by atoms with E-state index in [9.17, 15) is 4.79 Å². The molecule has 4 rings (SSSR count). The highest BCUT2D eigenvalue weighted by Crippen LogP contribution is 2.33. The van der Waals surface area contributed by atoms with E-state index in [4.69, 9.17) is 18.6 Å². The third-order valence-electron chi connectivity index (χ3n) is 4.21. The summed E-state index contributed by atoms with van der Waals surface area (Å²) in [6, 6.07) is 12.9. The number of ketones is 1. The molecule has 0 N–H and O–H groups in total. The van der Waals surface area contributed by atoms with Crippen molar-refractivity contribution in [3.05, 3.63) is 60.6 Å². The zero-order chi connectivity index (χ0) is 17.9. The van der Waals surface area contributed by atoms with Gasteiger partial charge in [-0.15, -0.1) is 0 Å². The largest absolute Gasteiger partial charge is 0.496 e. The van der Waals surface area contributed by atoms with Crippen molar-refractivity contribution < 1.29 is 23.4 Å². The summed E-state index contributed by atoms with van der Waals surface area (Å²) in [6.45, 7) is 0.211. The van der Waals surface area contributed by atoms with Crippen LogP contribution in [0.4, 0.5) is 0 Å². The number of rotatable bonds is 5. The SMILES string of the molecule is COc1cc(CC(=O)C2COc3ccccc3O2)ccc1-c1cnco1. The Labute approximate surface area is 150 Å². The number of hydrogen-bond donors (Lipinski definition) is 0. The predicted molar refractivity (Wildman–Crippen MR) is 93.6 cm³/mol. The van der Waals surface area contributed by atoms with Gasteiger partial charge in [0.15, 0.2) is 35.5 Å². The zero-order valence-electron chi connectivity index (χ0n) is 14.2. The van der Waals surface area contributed by atoms with Gasteiger partial charge in [0.2, 0.25) is 0 Å². The van der Waals surface area contributed by atoms with E-state index in [0.29, 0.717) is 23.0 Å². The van der Waals surface area contributed by atoms with E-state index >= 15 is 0 Å². The highest BCUT2D eigenvalue weighted by atomic mass is 16.6. The van der Waals surface area contributed by atoms with E-state index in [1.165, 1.54) is 6.39 Å². The number of methoxy groups -OCH3 is 1. The molecule has 0 spiro atoms. The van der Waals surface area contributed by atoms with Crippen molar-refractivity contribution in [2.24, 2.45) is 0 Å². The van der Waals surface area contributed by atoms with E-state index in [-0.39, 0.29) is 18.8 Å². The number of aromatic nitrogens is 1. The Bertz CT molecular complexity index is 920. The maximum absolute atomic E-state index is 12.6. The van der Waals surface area contributed by atoms with Crippen LogP contribution >= 0.6 is 0 Å². The molecule has 1 aromatic heterocycles. The van der Waals surface area contributed by atoms with Gasteiger partial charge in [0.1, 0.15) is 12.4 Å². The quantitative estimate of drug-likeness (QED) is 0.702. The number of fused-ring (bicyclic) bond motifs is 1. The molecule has 0 amide bonds. The van der Waals surface area contributed by atoms with Crippen LogP contribution < -0.4 is 14.2 Å². The fraction of sp³-hybridized carbons (Fsp3) is 0.200. The lowest BCUT2D eigenvalue weighted by Crippen LogP contribution is -2.37. The van der Waals surface area contributed by atoms with E-state index in [2.05, 4.69) is 4.98 Å². The van der Waals surface area contributed by atoms with Gasteiger partial charge in [-0.25, -0.2) is 4.98 Å². The maximum atomic E-state index is 12.6. The van der Waals surface area contributed by atoms with Gasteiger partial charge >= 0.3 is 0 Å². The number of hydrogen-bond acceptors (Lipinski definition) is 6.